The van der Waals surface area contributed by atoms with Crippen LogP contribution in [0, 0.1) is 0 Å². The van der Waals surface area contributed by atoms with Gasteiger partial charge < -0.3 is 0 Å². The molecule has 0 unspecified atom stereocenters. The minimum absolute atomic E-state index is 0. The van der Waals surface area contributed by atoms with Crippen molar-refractivity contribution < 1.29 is 0 Å². The summed E-state index contributed by atoms with van der Waals surface area (Å²) in [6.07, 6.45) is 3.76. The van der Waals surface area contributed by atoms with E-state index in [-0.39, 0.29) is 24.0 Å². The van der Waals surface area contributed by atoms with Gasteiger partial charge in [0.05, 0.1) is 0 Å². The Labute approximate surface area is 74.5 Å². The van der Waals surface area contributed by atoms with E-state index in [0.717, 1.165) is 13.1 Å². The van der Waals surface area contributed by atoms with Crippen molar-refractivity contribution in [3.8, 4) is 0 Å². The van der Waals surface area contributed by atoms with Crippen LogP contribution in [0.25, 0.3) is 0 Å². The van der Waals surface area contributed by atoms with Crippen LogP contribution in [0.3, 0.4) is 0 Å². The smallest absolute Gasteiger partial charge is 0.0160 e. The lowest BCUT2D eigenvalue weighted by molar-refractivity contribution is 0.413. The molecule has 0 amide bonds. The summed E-state index contributed by atoms with van der Waals surface area (Å²) in [5.41, 5.74) is 0. The Morgan fingerprint density at radius 2 is 1.56 bits per heavy atom. The molecule has 0 saturated carbocycles. The fourth-order valence-corrected chi connectivity index (χ4v) is 0.515. The van der Waals surface area contributed by atoms with Crippen LogP contribution in [-0.2, 0) is 0 Å². The Balaban J connectivity index is 0. The van der Waals surface area contributed by atoms with Gasteiger partial charge >= 0.3 is 0 Å². The lowest BCUT2D eigenvalue weighted by Gasteiger charge is -2.09. The predicted molar refractivity (Wildman–Crippen MR) is 53.3 cm³/mol. The van der Waals surface area contributed by atoms with Gasteiger partial charge in [0, 0.05) is 13.1 Å². The van der Waals surface area contributed by atoms with Crippen LogP contribution in [-0.4, -0.2) is 25.0 Å². The molecular weight excluding hydrogens is 225 g/mol. The number of nitrogens with zero attached hydrogens (tertiary/aromatic N) is 1. The van der Waals surface area contributed by atoms with Gasteiger partial charge in [0.25, 0.3) is 0 Å². The zero-order valence-corrected chi connectivity index (χ0v) is 8.17. The third kappa shape index (κ3) is 8.17. The quantitative estimate of drug-likeness (QED) is 0.535. The summed E-state index contributed by atoms with van der Waals surface area (Å²) in [6, 6.07) is 0. The molecule has 0 fully saturated rings. The van der Waals surface area contributed by atoms with E-state index in [1.165, 1.54) is 0 Å². The number of hydrogen-bond acceptors (Lipinski definition) is 1. The Hall–Kier alpha value is 0.170. The summed E-state index contributed by atoms with van der Waals surface area (Å²) in [4.78, 5) is 2.12. The van der Waals surface area contributed by atoms with Crippen molar-refractivity contribution in [1.82, 2.24) is 4.90 Å². The van der Waals surface area contributed by atoms with Gasteiger partial charge in [-0.3, -0.25) is 4.90 Å². The van der Waals surface area contributed by atoms with Crippen molar-refractivity contribution in [1.29, 1.82) is 0 Å². The third-order valence-corrected chi connectivity index (χ3v) is 0.882. The highest BCUT2D eigenvalue weighted by Crippen LogP contribution is 1.80. The zero-order chi connectivity index (χ0) is 6.41. The van der Waals surface area contributed by atoms with Gasteiger partial charge in [0.1, 0.15) is 0 Å². The van der Waals surface area contributed by atoms with Crippen LogP contribution in [0.1, 0.15) is 0 Å². The molecular formula is C7H14IN. The second-order valence-corrected chi connectivity index (χ2v) is 1.80. The van der Waals surface area contributed by atoms with Crippen LogP contribution >= 0.6 is 24.0 Å². The lowest BCUT2D eigenvalue weighted by Crippen LogP contribution is -2.17. The molecule has 0 bridgehead atoms. The Morgan fingerprint density at radius 1 is 1.22 bits per heavy atom. The molecule has 0 spiro atoms. The Morgan fingerprint density at radius 3 is 1.78 bits per heavy atom. The molecule has 0 rings (SSSR count). The maximum atomic E-state index is 3.61. The van der Waals surface area contributed by atoms with Crippen molar-refractivity contribution >= 4 is 24.0 Å². The van der Waals surface area contributed by atoms with E-state index in [9.17, 15) is 0 Å². The van der Waals surface area contributed by atoms with Crippen molar-refractivity contribution in [2.75, 3.05) is 20.1 Å². The van der Waals surface area contributed by atoms with Crippen LogP contribution in [0.15, 0.2) is 25.3 Å². The van der Waals surface area contributed by atoms with Crippen LogP contribution in [0.2, 0.25) is 0 Å². The maximum absolute atomic E-state index is 3.61. The summed E-state index contributed by atoms with van der Waals surface area (Å²) in [5.74, 6) is 0. The van der Waals surface area contributed by atoms with E-state index in [4.69, 9.17) is 0 Å². The summed E-state index contributed by atoms with van der Waals surface area (Å²) in [5, 5.41) is 0. The van der Waals surface area contributed by atoms with Crippen molar-refractivity contribution in [3.63, 3.8) is 0 Å². The van der Waals surface area contributed by atoms with Crippen LogP contribution in [0.5, 0.6) is 0 Å². The average molecular weight is 239 g/mol. The van der Waals surface area contributed by atoms with Gasteiger partial charge in [-0.1, -0.05) is 12.2 Å². The molecule has 0 atom stereocenters. The first-order chi connectivity index (χ1) is 3.81. The first-order valence-corrected chi connectivity index (χ1v) is 2.71. The van der Waals surface area contributed by atoms with Gasteiger partial charge in [-0.05, 0) is 7.05 Å². The fourth-order valence-electron chi connectivity index (χ4n) is 0.515. The van der Waals surface area contributed by atoms with E-state index in [1.54, 1.807) is 0 Å². The molecule has 0 aromatic heterocycles. The molecule has 0 aliphatic carbocycles. The second kappa shape index (κ2) is 8.17. The lowest BCUT2D eigenvalue weighted by atomic mass is 10.5. The highest BCUT2D eigenvalue weighted by Gasteiger charge is 1.86. The van der Waals surface area contributed by atoms with Crippen molar-refractivity contribution in [2.24, 2.45) is 0 Å². The summed E-state index contributed by atoms with van der Waals surface area (Å²) < 4.78 is 0. The number of likely N-dealkylation sites (N-methyl/N-ethyl adjacent to an activating group) is 1. The van der Waals surface area contributed by atoms with Gasteiger partial charge in [-0.2, -0.15) is 0 Å². The molecule has 2 heteroatoms. The van der Waals surface area contributed by atoms with Gasteiger partial charge in [0.2, 0.25) is 0 Å². The largest absolute Gasteiger partial charge is 0.299 e. The molecule has 0 radical (unpaired) electrons. The normalized spacial score (nSPS) is 8.22. The summed E-state index contributed by atoms with van der Waals surface area (Å²) in [7, 11) is 2.03. The molecule has 54 valence electrons. The van der Waals surface area contributed by atoms with Crippen LogP contribution < -0.4 is 0 Å². The number of rotatable bonds is 4. The first-order valence-electron chi connectivity index (χ1n) is 2.71. The summed E-state index contributed by atoms with van der Waals surface area (Å²) in [6.45, 7) is 9.09. The third-order valence-electron chi connectivity index (χ3n) is 0.882. The van der Waals surface area contributed by atoms with E-state index in [0.29, 0.717) is 0 Å². The zero-order valence-electron chi connectivity index (χ0n) is 5.84. The molecule has 0 aliphatic rings. The predicted octanol–water partition coefficient (Wildman–Crippen LogP) is 1.91. The van der Waals surface area contributed by atoms with E-state index in [1.807, 2.05) is 19.2 Å². The molecule has 0 heterocycles. The minimum atomic E-state index is 0. The maximum Gasteiger partial charge on any atom is 0.0160 e. The van der Waals surface area contributed by atoms with Crippen molar-refractivity contribution in [3.05, 3.63) is 25.3 Å². The minimum Gasteiger partial charge on any atom is -0.299 e. The first kappa shape index (κ1) is 11.9. The Bertz CT molecular complexity index is 71.0. The summed E-state index contributed by atoms with van der Waals surface area (Å²) >= 11 is 0. The highest BCUT2D eigenvalue weighted by atomic mass is 127. The molecule has 9 heavy (non-hydrogen) atoms. The average Bonchev–Trinajstić information content (AvgIpc) is 1.68. The van der Waals surface area contributed by atoms with E-state index < -0.39 is 0 Å². The van der Waals surface area contributed by atoms with E-state index in [2.05, 4.69) is 18.1 Å². The van der Waals surface area contributed by atoms with Crippen molar-refractivity contribution in [2.45, 2.75) is 0 Å². The topological polar surface area (TPSA) is 3.24 Å². The van der Waals surface area contributed by atoms with Gasteiger partial charge in [0.15, 0.2) is 0 Å². The second-order valence-electron chi connectivity index (χ2n) is 1.80. The van der Waals surface area contributed by atoms with Crippen LogP contribution in [0.4, 0.5) is 0 Å². The monoisotopic (exact) mass is 239 g/mol. The highest BCUT2D eigenvalue weighted by molar-refractivity contribution is 14.0. The standard InChI is InChI=1S/C7H13N.HI/c1-4-6-8(3)7-5-2;/h4-5H,1-2,6-7H2,3H3;1H. The molecule has 0 saturated heterocycles. The number of hydrogen-bond donors (Lipinski definition) is 0. The number of halogens is 1. The molecule has 1 nitrogen and oxygen atoms in total. The molecule has 0 aromatic rings. The van der Waals surface area contributed by atoms with E-state index >= 15 is 0 Å². The molecule has 0 aromatic carbocycles. The van der Waals surface area contributed by atoms with Gasteiger partial charge in [-0.15, -0.1) is 37.1 Å². The SMILES string of the molecule is C=CCN(C)CC=C.I. The fraction of sp³-hybridized carbons (Fsp3) is 0.429. The Kier molecular flexibility index (Phi) is 10.8. The van der Waals surface area contributed by atoms with Gasteiger partial charge in [-0.25, -0.2) is 0 Å². The molecule has 0 N–H and O–H groups in total. The molecule has 0 aliphatic heterocycles.